The average Bonchev–Trinajstić information content (AvgIpc) is 1.58. The minimum Gasteiger partial charge on any atom is -0.456 e. The van der Waals surface area contributed by atoms with E-state index in [1.807, 2.05) is 18.2 Å². The number of fused-ring (bicyclic) bond motifs is 30. The van der Waals surface area contributed by atoms with Gasteiger partial charge in [0.15, 0.2) is 0 Å². The Morgan fingerprint density at radius 3 is 1.14 bits per heavy atom. The zero-order chi connectivity index (χ0) is 81.9. The summed E-state index contributed by atoms with van der Waals surface area (Å²) in [5, 5.41) is 14.3. The lowest BCUT2D eigenvalue weighted by atomic mass is 9.79. The fourth-order valence-electron chi connectivity index (χ4n) is 21.9. The normalized spacial score (nSPS) is 13.8. The van der Waals surface area contributed by atoms with Crippen LogP contribution in [0.15, 0.2) is 395 Å². The van der Waals surface area contributed by atoms with E-state index in [-0.39, 0.29) is 16.2 Å². The van der Waals surface area contributed by atoms with Crippen LogP contribution in [0.3, 0.4) is 0 Å². The van der Waals surface area contributed by atoms with Gasteiger partial charge in [0.2, 0.25) is 0 Å². The van der Waals surface area contributed by atoms with Gasteiger partial charge in [0.05, 0.1) is 43.9 Å². The molecule has 0 aliphatic heterocycles. The van der Waals surface area contributed by atoms with Gasteiger partial charge in [-0.25, -0.2) is 0 Å². The predicted molar refractivity (Wildman–Crippen MR) is 513 cm³/mol. The molecule has 0 saturated heterocycles. The standard InChI is InChI=1S/3C39H27NO/c1-39(2)31-15-6-3-10-27(31)28-14-9-13-26(38(28)39)24-18-20-25(21-19-24)40-32-16-7-4-11-29(32)36-33(40)22-23-35-37(36)30-12-5-8-17-34(30)41-35;1-39(2)32-12-6-3-9-27(32)31-23-25(17-21-33(31)39)24-15-18-26(19-16-24)40-34-13-7-4-11-30(34)37-35(40)22-20-29-28-10-5-8-14-36(28)41-38(29)37;1-39(2)32-12-6-3-9-27(32)31-23-25(17-21-33(31)39)24-15-18-26(19-16-24)40-34-13-7-4-10-28(34)29-20-22-36-37(38(29)40)30-11-5-8-14-35(30)41-36/h3*3-23H,1-2H3. The summed E-state index contributed by atoms with van der Waals surface area (Å²) in [4.78, 5) is 0. The summed E-state index contributed by atoms with van der Waals surface area (Å²) in [5.41, 5.74) is 40.2. The third-order valence-electron chi connectivity index (χ3n) is 27.6. The molecule has 3 aliphatic rings. The van der Waals surface area contributed by atoms with Crippen molar-refractivity contribution >= 4 is 131 Å². The summed E-state index contributed by atoms with van der Waals surface area (Å²) >= 11 is 0. The van der Waals surface area contributed by atoms with E-state index in [4.69, 9.17) is 13.3 Å². The molecule has 6 heteroatoms. The maximum Gasteiger partial charge on any atom is 0.145 e. The number of nitrogens with zero attached hydrogens (tertiary/aromatic N) is 3. The molecule has 0 radical (unpaired) electrons. The molecule has 0 N–H and O–H groups in total. The molecule has 24 aromatic rings. The zero-order valence-electron chi connectivity index (χ0n) is 68.9. The first kappa shape index (κ1) is 70.7. The van der Waals surface area contributed by atoms with Crippen LogP contribution in [0.1, 0.15) is 74.9 Å². The highest BCUT2D eigenvalue weighted by Gasteiger charge is 2.39. The lowest BCUT2D eigenvalue weighted by molar-refractivity contribution is 0.660. The summed E-state index contributed by atoms with van der Waals surface area (Å²) in [6, 6.07) is 139. The van der Waals surface area contributed by atoms with Crippen molar-refractivity contribution in [2.24, 2.45) is 0 Å². The fraction of sp³-hybridized carbons (Fsp3) is 0.0769. The first-order chi connectivity index (χ1) is 60.3. The van der Waals surface area contributed by atoms with E-state index in [0.29, 0.717) is 0 Å². The minimum absolute atomic E-state index is 0.0213. The highest BCUT2D eigenvalue weighted by atomic mass is 16.3. The fourth-order valence-corrected chi connectivity index (χ4v) is 21.9. The number of hydrogen-bond acceptors (Lipinski definition) is 3. The SMILES string of the molecule is CC1(C)c2ccccc2-c2cc(-c3ccc(-n4c5ccccc5c5c6oc7ccccc7c6ccc54)cc3)ccc21.CC1(C)c2ccccc2-c2cc(-c3ccc(-n4c5ccccc5c5ccc6oc7ccccc7c6c54)cc3)ccc21.CC1(C)c2ccccc2-c2cccc(-c3ccc(-n4c5ccccc5c5c6c(ccc54)oc4ccccc46)cc3)c21. The molecule has 0 spiro atoms. The van der Waals surface area contributed by atoms with Crippen LogP contribution in [0.5, 0.6) is 0 Å². The number of benzene rings is 18. The van der Waals surface area contributed by atoms with Gasteiger partial charge < -0.3 is 27.0 Å². The van der Waals surface area contributed by atoms with E-state index in [1.165, 1.54) is 171 Å². The van der Waals surface area contributed by atoms with Crippen molar-refractivity contribution in [2.45, 2.75) is 57.8 Å². The van der Waals surface area contributed by atoms with E-state index < -0.39 is 0 Å². The molecule has 3 aliphatic carbocycles. The molecule has 0 atom stereocenters. The number of aromatic nitrogens is 3. The van der Waals surface area contributed by atoms with Crippen molar-refractivity contribution in [3.63, 3.8) is 0 Å². The van der Waals surface area contributed by atoms with Gasteiger partial charge in [0, 0.05) is 87.2 Å². The van der Waals surface area contributed by atoms with Gasteiger partial charge in [-0.3, -0.25) is 0 Å². The number of hydrogen-bond donors (Lipinski definition) is 0. The maximum atomic E-state index is 6.46. The Hall–Kier alpha value is -15.2. The van der Waals surface area contributed by atoms with Crippen LogP contribution in [-0.2, 0) is 16.2 Å². The second-order valence-corrected chi connectivity index (χ2v) is 35.3. The van der Waals surface area contributed by atoms with Crippen molar-refractivity contribution in [3.8, 4) is 83.8 Å². The molecule has 0 amide bonds. The van der Waals surface area contributed by atoms with Crippen molar-refractivity contribution < 1.29 is 13.3 Å². The Kier molecular flexibility index (Phi) is 15.2. The molecule has 582 valence electrons. The maximum absolute atomic E-state index is 6.46. The quantitative estimate of drug-likeness (QED) is 0.167. The molecule has 6 nitrogen and oxygen atoms in total. The van der Waals surface area contributed by atoms with Gasteiger partial charge in [-0.05, 0) is 221 Å². The molecular formula is C117H81N3O3. The molecule has 6 heterocycles. The van der Waals surface area contributed by atoms with Gasteiger partial charge in [-0.15, -0.1) is 0 Å². The van der Waals surface area contributed by atoms with Crippen LogP contribution in [-0.4, -0.2) is 13.7 Å². The highest BCUT2D eigenvalue weighted by Crippen LogP contribution is 2.55. The second-order valence-electron chi connectivity index (χ2n) is 35.3. The van der Waals surface area contributed by atoms with Crippen LogP contribution in [0, 0.1) is 0 Å². The second kappa shape index (κ2) is 26.4. The van der Waals surface area contributed by atoms with Crippen LogP contribution < -0.4 is 0 Å². The van der Waals surface area contributed by atoms with E-state index >= 15 is 0 Å². The zero-order valence-corrected chi connectivity index (χ0v) is 68.9. The molecule has 0 bridgehead atoms. The minimum atomic E-state index is -0.0488. The summed E-state index contributed by atoms with van der Waals surface area (Å²) in [6.45, 7) is 14.0. The Labute approximate surface area is 710 Å². The van der Waals surface area contributed by atoms with Crippen LogP contribution in [0.4, 0.5) is 0 Å². The molecule has 123 heavy (non-hydrogen) atoms. The van der Waals surface area contributed by atoms with Crippen molar-refractivity contribution in [1.82, 2.24) is 13.7 Å². The first-order valence-electron chi connectivity index (χ1n) is 42.8. The Bertz CT molecular complexity index is 8580. The van der Waals surface area contributed by atoms with Crippen LogP contribution in [0.2, 0.25) is 0 Å². The van der Waals surface area contributed by atoms with Gasteiger partial charge in [-0.1, -0.05) is 302 Å². The number of furan rings is 3. The van der Waals surface area contributed by atoms with Gasteiger partial charge in [0.1, 0.15) is 33.5 Å². The molecular weight excluding hydrogens is 1500 g/mol. The topological polar surface area (TPSA) is 54.2 Å². The molecule has 27 rings (SSSR count). The van der Waals surface area contributed by atoms with Crippen molar-refractivity contribution in [2.75, 3.05) is 0 Å². The van der Waals surface area contributed by atoms with Crippen molar-refractivity contribution in [1.29, 1.82) is 0 Å². The van der Waals surface area contributed by atoms with Gasteiger partial charge >= 0.3 is 0 Å². The van der Waals surface area contributed by atoms with E-state index in [1.54, 1.807) is 0 Å². The molecule has 0 fully saturated rings. The Morgan fingerprint density at radius 2 is 0.569 bits per heavy atom. The average molecular weight is 1580 g/mol. The number of para-hydroxylation sites is 6. The van der Waals surface area contributed by atoms with Crippen molar-refractivity contribution in [3.05, 3.63) is 416 Å². The molecule has 0 unspecified atom stereocenters. The summed E-state index contributed by atoms with van der Waals surface area (Å²) in [5.74, 6) is 0. The van der Waals surface area contributed by atoms with Crippen LogP contribution in [0.25, 0.3) is 215 Å². The summed E-state index contributed by atoms with van der Waals surface area (Å²) in [7, 11) is 0. The molecule has 6 aromatic heterocycles. The van der Waals surface area contributed by atoms with Crippen LogP contribution >= 0.6 is 0 Å². The Balaban J connectivity index is 0.000000101. The summed E-state index contributed by atoms with van der Waals surface area (Å²) in [6.07, 6.45) is 0. The smallest absolute Gasteiger partial charge is 0.145 e. The van der Waals surface area contributed by atoms with Gasteiger partial charge in [0.25, 0.3) is 0 Å². The predicted octanol–water partition coefficient (Wildman–Crippen LogP) is 32.0. The Morgan fingerprint density at radius 1 is 0.195 bits per heavy atom. The largest absolute Gasteiger partial charge is 0.456 e. The van der Waals surface area contributed by atoms with E-state index in [9.17, 15) is 0 Å². The van der Waals surface area contributed by atoms with E-state index in [2.05, 4.69) is 419 Å². The van der Waals surface area contributed by atoms with Gasteiger partial charge in [-0.2, -0.15) is 0 Å². The highest BCUT2D eigenvalue weighted by molar-refractivity contribution is 6.29. The third kappa shape index (κ3) is 10.3. The monoisotopic (exact) mass is 1580 g/mol. The summed E-state index contributed by atoms with van der Waals surface area (Å²) < 4.78 is 26.2. The lowest BCUT2D eigenvalue weighted by Gasteiger charge is -2.24. The lowest BCUT2D eigenvalue weighted by Crippen LogP contribution is -2.16. The number of rotatable bonds is 6. The molecule has 0 saturated carbocycles. The van der Waals surface area contributed by atoms with E-state index in [0.717, 1.165) is 77.6 Å². The molecule has 18 aromatic carbocycles. The first-order valence-corrected chi connectivity index (χ1v) is 42.8. The third-order valence-corrected chi connectivity index (χ3v) is 27.6.